The predicted octanol–water partition coefficient (Wildman–Crippen LogP) is 5.86. The number of nitrogens with zero attached hydrogens (tertiary/aromatic N) is 4. The molecule has 0 aliphatic heterocycles. The molecule has 4 rings (SSSR count). The molecule has 1 atom stereocenters. The smallest absolute Gasteiger partial charge is 0.254 e. The number of hydrogen-bond donors (Lipinski definition) is 0. The lowest BCUT2D eigenvalue weighted by atomic mass is 10.0. The van der Waals surface area contributed by atoms with E-state index < -0.39 is 0 Å². The van der Waals surface area contributed by atoms with Crippen molar-refractivity contribution in [3.05, 3.63) is 71.1 Å². The van der Waals surface area contributed by atoms with Crippen molar-refractivity contribution in [1.82, 2.24) is 19.7 Å². The zero-order valence-corrected chi connectivity index (χ0v) is 19.2. The third-order valence-electron chi connectivity index (χ3n) is 5.86. The monoisotopic (exact) mass is 434 g/mol. The molecule has 1 amide bonds. The zero-order valence-electron chi connectivity index (χ0n) is 19.2. The summed E-state index contributed by atoms with van der Waals surface area (Å²) in [6, 6.07) is 9.79. The number of pyridine rings is 1. The standard InChI is InChI=1S/C25H27FN4O2/c1-14(2)30-24-22(13-27-30)21(12-23(28-24)20-11-15(3)32-17(20)5)25(31)29(6)16(4)18-7-9-19(26)10-8-18/h7-14,16H,1-6H3. The number of halogens is 1. The summed E-state index contributed by atoms with van der Waals surface area (Å²) in [7, 11) is 1.75. The number of amides is 1. The van der Waals surface area contributed by atoms with E-state index in [2.05, 4.69) is 5.10 Å². The molecule has 1 unspecified atom stereocenters. The van der Waals surface area contributed by atoms with Gasteiger partial charge in [0.1, 0.15) is 17.3 Å². The first-order valence-corrected chi connectivity index (χ1v) is 10.7. The number of benzene rings is 1. The van der Waals surface area contributed by atoms with Gasteiger partial charge in [0.2, 0.25) is 0 Å². The number of aromatic nitrogens is 3. The van der Waals surface area contributed by atoms with Crippen LogP contribution in [0.15, 0.2) is 47.0 Å². The van der Waals surface area contributed by atoms with E-state index in [0.29, 0.717) is 22.3 Å². The molecule has 7 heteroatoms. The lowest BCUT2D eigenvalue weighted by Crippen LogP contribution is -2.30. The molecule has 32 heavy (non-hydrogen) atoms. The second-order valence-corrected chi connectivity index (χ2v) is 8.45. The average Bonchev–Trinajstić information content (AvgIpc) is 3.34. The van der Waals surface area contributed by atoms with Crippen molar-refractivity contribution < 1.29 is 13.6 Å². The topological polar surface area (TPSA) is 64.2 Å². The molecule has 166 valence electrons. The molecule has 0 radical (unpaired) electrons. The van der Waals surface area contributed by atoms with Crippen molar-refractivity contribution in [2.45, 2.75) is 46.7 Å². The Balaban J connectivity index is 1.84. The van der Waals surface area contributed by atoms with Crippen molar-refractivity contribution >= 4 is 16.9 Å². The van der Waals surface area contributed by atoms with Gasteiger partial charge in [0.05, 0.1) is 28.9 Å². The van der Waals surface area contributed by atoms with Crippen molar-refractivity contribution in [3.8, 4) is 11.3 Å². The highest BCUT2D eigenvalue weighted by atomic mass is 19.1. The predicted molar refractivity (Wildman–Crippen MR) is 122 cm³/mol. The Hall–Kier alpha value is -3.48. The lowest BCUT2D eigenvalue weighted by Gasteiger charge is -2.26. The van der Waals surface area contributed by atoms with E-state index in [0.717, 1.165) is 22.6 Å². The van der Waals surface area contributed by atoms with Crippen LogP contribution < -0.4 is 0 Å². The number of carbonyl (C=O) groups is 1. The van der Waals surface area contributed by atoms with Gasteiger partial charge in [-0.1, -0.05) is 12.1 Å². The van der Waals surface area contributed by atoms with Crippen LogP contribution in [0, 0.1) is 19.7 Å². The second-order valence-electron chi connectivity index (χ2n) is 8.45. The van der Waals surface area contributed by atoms with Crippen LogP contribution in [-0.2, 0) is 0 Å². The maximum absolute atomic E-state index is 13.7. The molecule has 3 heterocycles. The summed E-state index contributed by atoms with van der Waals surface area (Å²) in [5.74, 6) is 1.07. The second kappa shape index (κ2) is 8.22. The Morgan fingerprint density at radius 3 is 2.41 bits per heavy atom. The Bertz CT molecular complexity index is 1290. The Labute approximate surface area is 186 Å². The van der Waals surface area contributed by atoms with Gasteiger partial charge in [0, 0.05) is 18.7 Å². The van der Waals surface area contributed by atoms with E-state index in [1.807, 2.05) is 51.4 Å². The summed E-state index contributed by atoms with van der Waals surface area (Å²) in [6.45, 7) is 9.75. The summed E-state index contributed by atoms with van der Waals surface area (Å²) in [4.78, 5) is 20.2. The Kier molecular flexibility index (Phi) is 5.59. The van der Waals surface area contributed by atoms with Gasteiger partial charge in [0.15, 0.2) is 5.65 Å². The molecule has 3 aromatic heterocycles. The van der Waals surface area contributed by atoms with Crippen molar-refractivity contribution in [3.63, 3.8) is 0 Å². The fourth-order valence-electron chi connectivity index (χ4n) is 3.93. The van der Waals surface area contributed by atoms with E-state index in [-0.39, 0.29) is 23.8 Å². The molecular weight excluding hydrogens is 407 g/mol. The maximum atomic E-state index is 13.7. The number of hydrogen-bond acceptors (Lipinski definition) is 4. The van der Waals surface area contributed by atoms with Crippen LogP contribution in [0.5, 0.6) is 0 Å². The van der Waals surface area contributed by atoms with Crippen LogP contribution in [-0.4, -0.2) is 32.6 Å². The van der Waals surface area contributed by atoms with Crippen LogP contribution in [0.2, 0.25) is 0 Å². The highest BCUT2D eigenvalue weighted by molar-refractivity contribution is 6.06. The number of fused-ring (bicyclic) bond motifs is 1. The van der Waals surface area contributed by atoms with Crippen molar-refractivity contribution in [2.75, 3.05) is 7.05 Å². The van der Waals surface area contributed by atoms with Crippen LogP contribution in [0.4, 0.5) is 4.39 Å². The number of aryl methyl sites for hydroxylation is 2. The quantitative estimate of drug-likeness (QED) is 0.395. The molecule has 6 nitrogen and oxygen atoms in total. The summed E-state index contributed by atoms with van der Waals surface area (Å²) in [5, 5.41) is 5.19. The van der Waals surface area contributed by atoms with Gasteiger partial charge >= 0.3 is 0 Å². The van der Waals surface area contributed by atoms with Gasteiger partial charge in [-0.15, -0.1) is 0 Å². The van der Waals surface area contributed by atoms with Gasteiger partial charge in [-0.05, 0) is 64.4 Å². The summed E-state index contributed by atoms with van der Waals surface area (Å²) < 4.78 is 20.9. The van der Waals surface area contributed by atoms with Gasteiger partial charge < -0.3 is 9.32 Å². The van der Waals surface area contributed by atoms with Crippen molar-refractivity contribution in [1.29, 1.82) is 0 Å². The first-order valence-electron chi connectivity index (χ1n) is 10.7. The molecule has 0 N–H and O–H groups in total. The lowest BCUT2D eigenvalue weighted by molar-refractivity contribution is 0.0744. The van der Waals surface area contributed by atoms with E-state index in [1.165, 1.54) is 12.1 Å². The normalized spacial score (nSPS) is 12.5. The van der Waals surface area contributed by atoms with Crippen LogP contribution in [0.1, 0.15) is 60.3 Å². The molecule has 0 fully saturated rings. The molecular formula is C25H27FN4O2. The largest absolute Gasteiger partial charge is 0.466 e. The molecule has 0 bridgehead atoms. The van der Waals surface area contributed by atoms with Gasteiger partial charge in [-0.25, -0.2) is 14.1 Å². The molecule has 1 aromatic carbocycles. The minimum Gasteiger partial charge on any atom is -0.466 e. The number of furan rings is 1. The summed E-state index contributed by atoms with van der Waals surface area (Å²) in [6.07, 6.45) is 1.70. The third-order valence-corrected chi connectivity index (χ3v) is 5.86. The van der Waals surface area contributed by atoms with Crippen LogP contribution in [0.25, 0.3) is 22.3 Å². The maximum Gasteiger partial charge on any atom is 0.254 e. The molecule has 0 spiro atoms. The molecule has 0 saturated carbocycles. The number of rotatable bonds is 5. The minimum absolute atomic E-state index is 0.0845. The summed E-state index contributed by atoms with van der Waals surface area (Å²) in [5.41, 5.74) is 3.55. The summed E-state index contributed by atoms with van der Waals surface area (Å²) >= 11 is 0. The van der Waals surface area contributed by atoms with E-state index in [9.17, 15) is 9.18 Å². The molecule has 0 saturated heterocycles. The first kappa shape index (κ1) is 21.7. The van der Waals surface area contributed by atoms with E-state index in [4.69, 9.17) is 9.40 Å². The van der Waals surface area contributed by atoms with E-state index >= 15 is 0 Å². The fourth-order valence-corrected chi connectivity index (χ4v) is 3.93. The SMILES string of the molecule is Cc1cc(-c2cc(C(=O)N(C)C(C)c3ccc(F)cc3)c3cnn(C(C)C)c3n2)c(C)o1. The van der Waals surface area contributed by atoms with E-state index in [1.54, 1.807) is 30.3 Å². The zero-order chi connectivity index (χ0) is 23.2. The van der Waals surface area contributed by atoms with Crippen LogP contribution in [0.3, 0.4) is 0 Å². The van der Waals surface area contributed by atoms with Gasteiger partial charge in [0.25, 0.3) is 5.91 Å². The fraction of sp³-hybridized carbons (Fsp3) is 0.320. The Morgan fingerprint density at radius 2 is 1.81 bits per heavy atom. The van der Waals surface area contributed by atoms with Gasteiger partial charge in [-0.3, -0.25) is 4.79 Å². The third kappa shape index (κ3) is 3.79. The van der Waals surface area contributed by atoms with Crippen molar-refractivity contribution in [2.24, 2.45) is 0 Å². The number of carbonyl (C=O) groups excluding carboxylic acids is 1. The average molecular weight is 435 g/mol. The van der Waals surface area contributed by atoms with Crippen LogP contribution >= 0.6 is 0 Å². The van der Waals surface area contributed by atoms with Gasteiger partial charge in [-0.2, -0.15) is 5.10 Å². The molecule has 0 aliphatic carbocycles. The molecule has 0 aliphatic rings. The highest BCUT2D eigenvalue weighted by Gasteiger charge is 2.25. The Morgan fingerprint density at radius 1 is 1.12 bits per heavy atom. The molecule has 4 aromatic rings. The highest BCUT2D eigenvalue weighted by Crippen LogP contribution is 2.31. The minimum atomic E-state index is -0.303. The first-order chi connectivity index (χ1) is 15.2.